The highest BCUT2D eigenvalue weighted by molar-refractivity contribution is 7.89. The number of sulfonamides is 1. The molecule has 1 rings (SSSR count). The van der Waals surface area contributed by atoms with Gasteiger partial charge in [0.25, 0.3) is 0 Å². The summed E-state index contributed by atoms with van der Waals surface area (Å²) in [6, 6.07) is 5.84. The van der Waals surface area contributed by atoms with Gasteiger partial charge in [-0.25, -0.2) is 13.1 Å². The lowest BCUT2D eigenvalue weighted by molar-refractivity contribution is -0.121. The molecule has 4 nitrogen and oxygen atoms in total. The van der Waals surface area contributed by atoms with Gasteiger partial charge in [0.05, 0.1) is 4.90 Å². The van der Waals surface area contributed by atoms with Gasteiger partial charge in [0, 0.05) is 0 Å². The minimum Gasteiger partial charge on any atom is -0.320 e. The van der Waals surface area contributed by atoms with Crippen LogP contribution < -0.4 is 10.0 Å². The van der Waals surface area contributed by atoms with Crippen molar-refractivity contribution in [2.75, 3.05) is 20.1 Å². The second-order valence-electron chi connectivity index (χ2n) is 4.29. The summed E-state index contributed by atoms with van der Waals surface area (Å²) in [7, 11) is -2.28. The van der Waals surface area contributed by atoms with Crippen LogP contribution in [-0.2, 0) is 16.4 Å². The molecule has 0 spiro atoms. The zero-order valence-electron chi connectivity index (χ0n) is 11.0. The summed E-state index contributed by atoms with van der Waals surface area (Å²) in [5, 5.41) is 2.99. The molecule has 0 aliphatic rings. The lowest BCUT2D eigenvalue weighted by Gasteiger charge is -2.09. The van der Waals surface area contributed by atoms with Crippen LogP contribution in [0.1, 0.15) is 12.0 Å². The largest absolute Gasteiger partial charge is 0.402 e. The Morgan fingerprint density at radius 2 is 1.75 bits per heavy atom. The minimum atomic E-state index is -4.57. The van der Waals surface area contributed by atoms with Crippen molar-refractivity contribution in [2.45, 2.75) is 23.9 Å². The van der Waals surface area contributed by atoms with Crippen molar-refractivity contribution in [3.63, 3.8) is 0 Å². The van der Waals surface area contributed by atoms with Crippen LogP contribution in [0.3, 0.4) is 0 Å². The monoisotopic (exact) mass is 310 g/mol. The van der Waals surface area contributed by atoms with Gasteiger partial charge in [-0.2, -0.15) is 13.2 Å². The fourth-order valence-corrected chi connectivity index (χ4v) is 2.58. The van der Waals surface area contributed by atoms with Gasteiger partial charge in [0.2, 0.25) is 10.0 Å². The highest BCUT2D eigenvalue weighted by atomic mass is 32.2. The van der Waals surface area contributed by atoms with E-state index in [1.165, 1.54) is 16.9 Å². The third-order valence-electron chi connectivity index (χ3n) is 2.59. The fourth-order valence-electron chi connectivity index (χ4n) is 1.56. The highest BCUT2D eigenvalue weighted by Crippen LogP contribution is 2.16. The highest BCUT2D eigenvalue weighted by Gasteiger charge is 2.29. The Hall–Kier alpha value is -1.12. The van der Waals surface area contributed by atoms with Gasteiger partial charge in [-0.3, -0.25) is 0 Å². The van der Waals surface area contributed by atoms with Crippen LogP contribution in [0.5, 0.6) is 0 Å². The number of benzene rings is 1. The molecule has 8 heteroatoms. The van der Waals surface area contributed by atoms with Gasteiger partial charge in [0.1, 0.15) is 6.54 Å². The molecule has 0 aliphatic heterocycles. The zero-order chi connectivity index (χ0) is 15.2. The zero-order valence-corrected chi connectivity index (χ0v) is 11.8. The molecule has 0 amide bonds. The molecule has 0 unspecified atom stereocenters. The molecule has 0 saturated carbocycles. The Balaban J connectivity index is 2.67. The van der Waals surface area contributed by atoms with Crippen molar-refractivity contribution in [2.24, 2.45) is 0 Å². The van der Waals surface area contributed by atoms with Gasteiger partial charge in [-0.05, 0) is 44.1 Å². The van der Waals surface area contributed by atoms with Crippen LogP contribution in [0.15, 0.2) is 29.2 Å². The Morgan fingerprint density at radius 1 is 1.15 bits per heavy atom. The Morgan fingerprint density at radius 3 is 2.25 bits per heavy atom. The van der Waals surface area contributed by atoms with Gasteiger partial charge < -0.3 is 5.32 Å². The normalized spacial score (nSPS) is 12.6. The molecule has 0 aromatic heterocycles. The molecule has 0 fully saturated rings. The van der Waals surface area contributed by atoms with Crippen molar-refractivity contribution < 1.29 is 21.6 Å². The first-order chi connectivity index (χ1) is 9.24. The average Bonchev–Trinajstić information content (AvgIpc) is 2.37. The summed E-state index contributed by atoms with van der Waals surface area (Å²) < 4.78 is 60.8. The topological polar surface area (TPSA) is 58.2 Å². The molecule has 2 N–H and O–H groups in total. The van der Waals surface area contributed by atoms with E-state index in [1.54, 1.807) is 12.1 Å². The number of nitrogens with one attached hydrogen (secondary N) is 2. The van der Waals surface area contributed by atoms with Crippen LogP contribution in [0, 0.1) is 0 Å². The summed E-state index contributed by atoms with van der Waals surface area (Å²) in [5.41, 5.74) is 0.940. The number of hydrogen-bond donors (Lipinski definition) is 2. The molecule has 1 aromatic carbocycles. The molecule has 0 radical (unpaired) electrons. The molecule has 114 valence electrons. The summed E-state index contributed by atoms with van der Waals surface area (Å²) in [6.07, 6.45) is -2.90. The van der Waals surface area contributed by atoms with Crippen molar-refractivity contribution in [3.8, 4) is 0 Å². The first kappa shape index (κ1) is 16.9. The molecular formula is C12H17F3N2O2S. The van der Waals surface area contributed by atoms with Gasteiger partial charge in [-0.15, -0.1) is 0 Å². The quantitative estimate of drug-likeness (QED) is 0.753. The molecule has 0 heterocycles. The van der Waals surface area contributed by atoms with Crippen LogP contribution in [0.25, 0.3) is 0 Å². The second-order valence-corrected chi connectivity index (χ2v) is 6.06. The third kappa shape index (κ3) is 5.89. The predicted molar refractivity (Wildman–Crippen MR) is 69.9 cm³/mol. The summed E-state index contributed by atoms with van der Waals surface area (Å²) in [4.78, 5) is -0.167. The van der Waals surface area contributed by atoms with E-state index in [9.17, 15) is 21.6 Å². The van der Waals surface area contributed by atoms with Gasteiger partial charge in [0.15, 0.2) is 0 Å². The molecule has 0 atom stereocenters. The Kier molecular flexibility index (Phi) is 5.97. The van der Waals surface area contributed by atoms with E-state index < -0.39 is 22.7 Å². The lowest BCUT2D eigenvalue weighted by Crippen LogP contribution is -2.33. The van der Waals surface area contributed by atoms with E-state index in [-0.39, 0.29) is 4.90 Å². The third-order valence-corrected chi connectivity index (χ3v) is 4.01. The SMILES string of the molecule is CNCCCc1ccc(S(=O)(=O)NCC(F)(F)F)cc1. The van der Waals surface area contributed by atoms with Gasteiger partial charge >= 0.3 is 6.18 Å². The number of hydrogen-bond acceptors (Lipinski definition) is 3. The van der Waals surface area contributed by atoms with E-state index >= 15 is 0 Å². The summed E-state index contributed by atoms with van der Waals surface area (Å²) >= 11 is 0. The predicted octanol–water partition coefficient (Wildman–Crippen LogP) is 1.68. The van der Waals surface area contributed by atoms with Crippen LogP contribution >= 0.6 is 0 Å². The molecule has 0 saturated heterocycles. The van der Waals surface area contributed by atoms with Crippen molar-refractivity contribution in [1.29, 1.82) is 0 Å². The van der Waals surface area contributed by atoms with E-state index in [0.717, 1.165) is 24.9 Å². The van der Waals surface area contributed by atoms with Crippen molar-refractivity contribution >= 4 is 10.0 Å². The number of aryl methyl sites for hydroxylation is 1. The maximum atomic E-state index is 12.0. The van der Waals surface area contributed by atoms with E-state index in [0.29, 0.717) is 0 Å². The average molecular weight is 310 g/mol. The standard InChI is InChI=1S/C12H17F3N2O2S/c1-16-8-2-3-10-4-6-11(7-5-10)20(18,19)17-9-12(13,14)15/h4-7,16-17H,2-3,8-9H2,1H3. The maximum absolute atomic E-state index is 12.0. The number of halogens is 3. The first-order valence-corrected chi connectivity index (χ1v) is 7.53. The first-order valence-electron chi connectivity index (χ1n) is 6.04. The number of rotatable bonds is 7. The maximum Gasteiger partial charge on any atom is 0.402 e. The van der Waals surface area contributed by atoms with Crippen LogP contribution in [0.4, 0.5) is 13.2 Å². The van der Waals surface area contributed by atoms with Gasteiger partial charge in [-0.1, -0.05) is 12.1 Å². The van der Waals surface area contributed by atoms with Crippen molar-refractivity contribution in [3.05, 3.63) is 29.8 Å². The lowest BCUT2D eigenvalue weighted by atomic mass is 10.1. The van der Waals surface area contributed by atoms with Crippen LogP contribution in [-0.4, -0.2) is 34.7 Å². The van der Waals surface area contributed by atoms with Crippen molar-refractivity contribution in [1.82, 2.24) is 10.0 Å². The molecule has 0 aliphatic carbocycles. The Labute approximate surface area is 116 Å². The second kappa shape index (κ2) is 7.05. The molecular weight excluding hydrogens is 293 g/mol. The number of alkyl halides is 3. The fraction of sp³-hybridized carbons (Fsp3) is 0.500. The van der Waals surface area contributed by atoms with Crippen LogP contribution in [0.2, 0.25) is 0 Å². The smallest absolute Gasteiger partial charge is 0.320 e. The molecule has 0 bridgehead atoms. The van der Waals surface area contributed by atoms with E-state index in [2.05, 4.69) is 5.32 Å². The molecule has 1 aromatic rings. The summed E-state index contributed by atoms with van der Waals surface area (Å²) in [5.74, 6) is 0. The van der Waals surface area contributed by atoms with E-state index in [1.807, 2.05) is 7.05 Å². The molecule has 20 heavy (non-hydrogen) atoms. The minimum absolute atomic E-state index is 0.167. The van der Waals surface area contributed by atoms with E-state index in [4.69, 9.17) is 0 Å². The Bertz CT molecular complexity index is 512. The summed E-state index contributed by atoms with van der Waals surface area (Å²) in [6.45, 7) is -0.730.